The minimum Gasteiger partial charge on any atom is -0.497 e. The van der Waals surface area contributed by atoms with E-state index in [1.54, 1.807) is 13.3 Å². The Balaban J connectivity index is 2.15. The van der Waals surface area contributed by atoms with E-state index in [9.17, 15) is 4.79 Å². The normalized spacial score (nSPS) is 10.8. The molecule has 1 aromatic carbocycles. The van der Waals surface area contributed by atoms with Gasteiger partial charge in [-0.25, -0.2) is 4.79 Å². The lowest BCUT2D eigenvalue weighted by molar-refractivity contribution is 0.0690. The molecule has 0 spiro atoms. The highest BCUT2D eigenvalue weighted by Crippen LogP contribution is 2.30. The monoisotopic (exact) mass is 257 g/mol. The molecule has 0 bridgehead atoms. The molecule has 0 amide bonds. The zero-order valence-electron chi connectivity index (χ0n) is 10.1. The molecule has 0 fully saturated rings. The SMILES string of the molecule is COc1ccc2[nH]cc(-c3cc(C(=O)O)[nH]n3)c2c1. The number of fused-ring (bicyclic) bond motifs is 1. The second-order valence-corrected chi connectivity index (χ2v) is 4.09. The van der Waals surface area contributed by atoms with Crippen molar-refractivity contribution in [2.24, 2.45) is 0 Å². The van der Waals surface area contributed by atoms with E-state index in [-0.39, 0.29) is 5.69 Å². The van der Waals surface area contributed by atoms with Crippen LogP contribution in [0.2, 0.25) is 0 Å². The number of carboxylic acid groups (broad SMARTS) is 1. The molecule has 0 aliphatic heterocycles. The van der Waals surface area contributed by atoms with Gasteiger partial charge in [-0.1, -0.05) is 0 Å². The van der Waals surface area contributed by atoms with E-state index in [0.717, 1.165) is 22.2 Å². The Bertz CT molecular complexity index is 757. The van der Waals surface area contributed by atoms with Gasteiger partial charge < -0.3 is 14.8 Å². The van der Waals surface area contributed by atoms with Crippen LogP contribution < -0.4 is 4.74 Å². The van der Waals surface area contributed by atoms with E-state index in [0.29, 0.717) is 5.69 Å². The van der Waals surface area contributed by atoms with Crippen LogP contribution in [0.3, 0.4) is 0 Å². The molecule has 0 aliphatic carbocycles. The average molecular weight is 257 g/mol. The number of carbonyl (C=O) groups is 1. The van der Waals surface area contributed by atoms with Crippen LogP contribution in [0.25, 0.3) is 22.2 Å². The molecule has 0 radical (unpaired) electrons. The second-order valence-electron chi connectivity index (χ2n) is 4.09. The van der Waals surface area contributed by atoms with Crippen LogP contribution in [0, 0.1) is 0 Å². The number of aromatic carboxylic acids is 1. The lowest BCUT2D eigenvalue weighted by Crippen LogP contribution is -1.95. The van der Waals surface area contributed by atoms with Gasteiger partial charge in [0.2, 0.25) is 0 Å². The van der Waals surface area contributed by atoms with Crippen LogP contribution >= 0.6 is 0 Å². The molecule has 0 atom stereocenters. The summed E-state index contributed by atoms with van der Waals surface area (Å²) in [6.07, 6.45) is 1.80. The van der Waals surface area contributed by atoms with Gasteiger partial charge in [0.15, 0.2) is 0 Å². The van der Waals surface area contributed by atoms with Crippen molar-refractivity contribution < 1.29 is 14.6 Å². The smallest absolute Gasteiger partial charge is 0.353 e. The maximum atomic E-state index is 10.8. The highest BCUT2D eigenvalue weighted by molar-refractivity contribution is 5.96. The predicted octanol–water partition coefficient (Wildman–Crippen LogP) is 2.26. The Morgan fingerprint density at radius 2 is 2.21 bits per heavy atom. The number of methoxy groups -OCH3 is 1. The molecule has 19 heavy (non-hydrogen) atoms. The third-order valence-corrected chi connectivity index (χ3v) is 2.97. The summed E-state index contributed by atoms with van der Waals surface area (Å²) in [5, 5.41) is 16.3. The molecule has 96 valence electrons. The number of carboxylic acids is 1. The van der Waals surface area contributed by atoms with Gasteiger partial charge in [0, 0.05) is 22.7 Å². The van der Waals surface area contributed by atoms with Crippen molar-refractivity contribution in [3.63, 3.8) is 0 Å². The summed E-state index contributed by atoms with van der Waals surface area (Å²) in [6.45, 7) is 0. The first-order valence-electron chi connectivity index (χ1n) is 5.63. The van der Waals surface area contributed by atoms with Gasteiger partial charge in [-0.2, -0.15) is 5.10 Å². The lowest BCUT2D eigenvalue weighted by atomic mass is 10.1. The van der Waals surface area contributed by atoms with E-state index < -0.39 is 5.97 Å². The van der Waals surface area contributed by atoms with Gasteiger partial charge in [0.05, 0.1) is 12.8 Å². The highest BCUT2D eigenvalue weighted by Gasteiger charge is 2.13. The molecule has 0 saturated carbocycles. The molecule has 3 rings (SSSR count). The van der Waals surface area contributed by atoms with E-state index in [4.69, 9.17) is 9.84 Å². The molecule has 2 heterocycles. The van der Waals surface area contributed by atoms with Crippen molar-refractivity contribution in [2.45, 2.75) is 0 Å². The number of nitrogens with zero attached hydrogens (tertiary/aromatic N) is 1. The third kappa shape index (κ3) is 1.83. The fraction of sp³-hybridized carbons (Fsp3) is 0.0769. The first kappa shape index (κ1) is 11.3. The molecule has 6 nitrogen and oxygen atoms in total. The molecule has 3 aromatic rings. The minimum absolute atomic E-state index is 0.0623. The van der Waals surface area contributed by atoms with Crippen molar-refractivity contribution in [3.05, 3.63) is 36.2 Å². The fourth-order valence-electron chi connectivity index (χ4n) is 2.01. The number of H-pyrrole nitrogens is 2. The highest BCUT2D eigenvalue weighted by atomic mass is 16.5. The Kier molecular flexibility index (Phi) is 2.49. The summed E-state index contributed by atoms with van der Waals surface area (Å²) in [5.74, 6) is -0.293. The summed E-state index contributed by atoms with van der Waals surface area (Å²) in [5.41, 5.74) is 2.41. The summed E-state index contributed by atoms with van der Waals surface area (Å²) >= 11 is 0. The number of benzene rings is 1. The van der Waals surface area contributed by atoms with Crippen molar-refractivity contribution >= 4 is 16.9 Å². The number of aromatic nitrogens is 3. The molecule has 6 heteroatoms. The van der Waals surface area contributed by atoms with Crippen molar-refractivity contribution in [1.82, 2.24) is 15.2 Å². The molecule has 3 N–H and O–H groups in total. The lowest BCUT2D eigenvalue weighted by Gasteiger charge is -2.00. The Hall–Kier alpha value is -2.76. The van der Waals surface area contributed by atoms with Crippen LogP contribution in [0.1, 0.15) is 10.5 Å². The number of hydrogen-bond donors (Lipinski definition) is 3. The Morgan fingerprint density at radius 1 is 1.37 bits per heavy atom. The topological polar surface area (TPSA) is 91.0 Å². The predicted molar refractivity (Wildman–Crippen MR) is 69.4 cm³/mol. The van der Waals surface area contributed by atoms with Gasteiger partial charge in [0.25, 0.3) is 0 Å². The van der Waals surface area contributed by atoms with Gasteiger partial charge in [-0.05, 0) is 24.3 Å². The molecular formula is C13H11N3O3. The van der Waals surface area contributed by atoms with Crippen molar-refractivity contribution in [3.8, 4) is 17.0 Å². The minimum atomic E-state index is -1.03. The summed E-state index contributed by atoms with van der Waals surface area (Å²) in [6, 6.07) is 7.15. The molecular weight excluding hydrogens is 246 g/mol. The fourth-order valence-corrected chi connectivity index (χ4v) is 2.01. The van der Waals surface area contributed by atoms with Crippen molar-refractivity contribution in [1.29, 1.82) is 0 Å². The van der Waals surface area contributed by atoms with E-state index in [1.807, 2.05) is 18.2 Å². The Morgan fingerprint density at radius 3 is 2.89 bits per heavy atom. The summed E-state index contributed by atoms with van der Waals surface area (Å²) in [4.78, 5) is 14.0. The number of rotatable bonds is 3. The second kappa shape index (κ2) is 4.16. The number of ether oxygens (including phenoxy) is 1. The third-order valence-electron chi connectivity index (χ3n) is 2.97. The van der Waals surface area contributed by atoms with Crippen LogP contribution in [-0.2, 0) is 0 Å². The van der Waals surface area contributed by atoms with Crippen molar-refractivity contribution in [2.75, 3.05) is 7.11 Å². The maximum Gasteiger partial charge on any atom is 0.353 e. The molecule has 0 unspecified atom stereocenters. The zero-order valence-corrected chi connectivity index (χ0v) is 10.1. The van der Waals surface area contributed by atoms with E-state index >= 15 is 0 Å². The number of hydrogen-bond acceptors (Lipinski definition) is 3. The Labute approximate surface area is 108 Å². The summed E-state index contributed by atoms with van der Waals surface area (Å²) < 4.78 is 5.19. The standard InChI is InChI=1S/C13H11N3O3/c1-19-7-2-3-10-8(4-7)9(6-14-10)11-5-12(13(17)18)16-15-11/h2-6,14H,1H3,(H,15,16)(H,17,18). The first-order chi connectivity index (χ1) is 9.19. The van der Waals surface area contributed by atoms with Gasteiger partial charge in [-0.15, -0.1) is 0 Å². The number of nitrogens with one attached hydrogen (secondary N) is 2. The quantitative estimate of drug-likeness (QED) is 0.671. The largest absolute Gasteiger partial charge is 0.497 e. The van der Waals surface area contributed by atoms with Crippen LogP contribution in [-0.4, -0.2) is 33.4 Å². The maximum absolute atomic E-state index is 10.8. The average Bonchev–Trinajstić information content (AvgIpc) is 3.03. The molecule has 2 aromatic heterocycles. The van der Waals surface area contributed by atoms with E-state index in [1.165, 1.54) is 6.07 Å². The summed E-state index contributed by atoms with van der Waals surface area (Å²) in [7, 11) is 1.60. The van der Waals surface area contributed by atoms with Crippen LogP contribution in [0.4, 0.5) is 0 Å². The van der Waals surface area contributed by atoms with Gasteiger partial charge in [0.1, 0.15) is 11.4 Å². The van der Waals surface area contributed by atoms with Gasteiger partial charge in [-0.3, -0.25) is 5.10 Å². The van der Waals surface area contributed by atoms with E-state index in [2.05, 4.69) is 15.2 Å². The van der Waals surface area contributed by atoms with Crippen LogP contribution in [0.15, 0.2) is 30.5 Å². The zero-order chi connectivity index (χ0) is 13.4. The van der Waals surface area contributed by atoms with Gasteiger partial charge >= 0.3 is 5.97 Å². The van der Waals surface area contributed by atoms with Crippen LogP contribution in [0.5, 0.6) is 5.75 Å². The molecule has 0 aliphatic rings. The number of aromatic amines is 2. The first-order valence-corrected chi connectivity index (χ1v) is 5.63. The molecule has 0 saturated heterocycles.